The number of halogens is 1. The Labute approximate surface area is 94.4 Å². The molecule has 0 spiro atoms. The Hall–Kier alpha value is -0.490. The van der Waals surface area contributed by atoms with Gasteiger partial charge in [-0.3, -0.25) is 0 Å². The fourth-order valence-corrected chi connectivity index (χ4v) is 0.868. The average Bonchev–Trinajstić information content (AvgIpc) is 2.22. The van der Waals surface area contributed by atoms with Gasteiger partial charge in [-0.15, -0.1) is 11.6 Å². The van der Waals surface area contributed by atoms with Crippen LogP contribution in [0.4, 0.5) is 0 Å². The van der Waals surface area contributed by atoms with Gasteiger partial charge in [0.15, 0.2) is 0 Å². The molecule has 0 fully saturated rings. The van der Waals surface area contributed by atoms with Gasteiger partial charge in [-0.1, -0.05) is 58.1 Å². The number of allylic oxidation sites excluding steroid dienone is 5. The molecule has 0 nitrogen and oxygen atoms in total. The molecule has 0 aliphatic carbocycles. The van der Waals surface area contributed by atoms with Crippen LogP contribution in [0.2, 0.25) is 0 Å². The lowest BCUT2D eigenvalue weighted by molar-refractivity contribution is 0.795. The lowest BCUT2D eigenvalue weighted by atomic mass is 10.0. The fraction of sp³-hybridized carbons (Fsp3) is 0.538. The smallest absolute Gasteiger partial charge is 0.0470 e. The van der Waals surface area contributed by atoms with E-state index in [0.717, 1.165) is 11.1 Å². The molecular formula is C13H23Cl. The maximum absolute atomic E-state index is 5.68. The van der Waals surface area contributed by atoms with E-state index >= 15 is 0 Å². The molecule has 0 aromatic heterocycles. The molecule has 0 N–H and O–H groups in total. The average molecular weight is 215 g/mol. The topological polar surface area (TPSA) is 0 Å². The van der Waals surface area contributed by atoms with Crippen molar-refractivity contribution in [1.82, 2.24) is 0 Å². The second kappa shape index (κ2) is 10.6. The minimum absolute atomic E-state index is 0.509. The summed E-state index contributed by atoms with van der Waals surface area (Å²) >= 11 is 5.68. The van der Waals surface area contributed by atoms with E-state index in [1.54, 1.807) is 0 Å². The first-order valence-corrected chi connectivity index (χ1v) is 5.73. The third kappa shape index (κ3) is 8.12. The molecule has 0 amide bonds. The minimum atomic E-state index is 0.509. The van der Waals surface area contributed by atoms with Crippen LogP contribution in [0.3, 0.4) is 0 Å². The molecule has 0 radical (unpaired) electrons. The quantitative estimate of drug-likeness (QED) is 0.458. The summed E-state index contributed by atoms with van der Waals surface area (Å²) in [6.45, 7) is 14.2. The van der Waals surface area contributed by atoms with Crippen molar-refractivity contribution in [3.05, 3.63) is 36.0 Å². The molecule has 0 aromatic carbocycles. The van der Waals surface area contributed by atoms with E-state index in [4.69, 9.17) is 11.6 Å². The Balaban J connectivity index is 0. The molecule has 0 heterocycles. The van der Waals surface area contributed by atoms with Crippen molar-refractivity contribution < 1.29 is 0 Å². The number of alkyl halides is 1. The standard InChI is InChI=1S/C11H17Cl.C2H6/c1-5-11(8-12)7-6-10(4)9(2)3;1-2/h5-7,9H,4,8H2,1-3H3;1-2H3/b7-6-,11-5+;. The summed E-state index contributed by atoms with van der Waals surface area (Å²) in [5.74, 6) is 1.08. The SMILES string of the molecule is C=C(/C=C\C(=C/C)CCl)C(C)C.CC. The van der Waals surface area contributed by atoms with Gasteiger partial charge in [0.05, 0.1) is 0 Å². The number of hydrogen-bond acceptors (Lipinski definition) is 0. The van der Waals surface area contributed by atoms with Crippen LogP contribution in [0.15, 0.2) is 36.0 Å². The first-order chi connectivity index (χ1) is 6.61. The van der Waals surface area contributed by atoms with E-state index in [2.05, 4.69) is 20.4 Å². The van der Waals surface area contributed by atoms with Crippen molar-refractivity contribution in [2.75, 3.05) is 5.88 Å². The normalized spacial score (nSPS) is 11.5. The van der Waals surface area contributed by atoms with E-state index in [0.29, 0.717) is 11.8 Å². The maximum Gasteiger partial charge on any atom is 0.0470 e. The van der Waals surface area contributed by atoms with Crippen molar-refractivity contribution >= 4 is 11.6 Å². The van der Waals surface area contributed by atoms with Crippen molar-refractivity contribution in [3.8, 4) is 0 Å². The Morgan fingerprint density at radius 1 is 1.29 bits per heavy atom. The van der Waals surface area contributed by atoms with Crippen LogP contribution in [-0.2, 0) is 0 Å². The van der Waals surface area contributed by atoms with Crippen molar-refractivity contribution in [2.24, 2.45) is 5.92 Å². The van der Waals surface area contributed by atoms with E-state index in [1.807, 2.05) is 39.0 Å². The molecule has 0 bridgehead atoms. The van der Waals surface area contributed by atoms with E-state index in [1.165, 1.54) is 0 Å². The van der Waals surface area contributed by atoms with Crippen molar-refractivity contribution in [3.63, 3.8) is 0 Å². The number of rotatable bonds is 4. The highest BCUT2D eigenvalue weighted by atomic mass is 35.5. The lowest BCUT2D eigenvalue weighted by Crippen LogP contribution is -1.88. The van der Waals surface area contributed by atoms with Crippen LogP contribution >= 0.6 is 11.6 Å². The van der Waals surface area contributed by atoms with Crippen LogP contribution in [-0.4, -0.2) is 5.88 Å². The molecule has 0 aliphatic heterocycles. The van der Waals surface area contributed by atoms with Gasteiger partial charge in [-0.05, 0) is 18.4 Å². The summed E-state index contributed by atoms with van der Waals surface area (Å²) in [6.07, 6.45) is 6.06. The molecule has 0 rings (SSSR count). The van der Waals surface area contributed by atoms with Gasteiger partial charge in [-0.2, -0.15) is 0 Å². The summed E-state index contributed by atoms with van der Waals surface area (Å²) in [7, 11) is 0. The third-order valence-electron chi connectivity index (χ3n) is 1.78. The first-order valence-electron chi connectivity index (χ1n) is 5.19. The number of hydrogen-bond donors (Lipinski definition) is 0. The van der Waals surface area contributed by atoms with Crippen LogP contribution in [0.25, 0.3) is 0 Å². The summed E-state index contributed by atoms with van der Waals surface area (Å²) in [4.78, 5) is 0. The Bertz CT molecular complexity index is 197. The van der Waals surface area contributed by atoms with E-state index < -0.39 is 0 Å². The summed E-state index contributed by atoms with van der Waals surface area (Å²) < 4.78 is 0. The van der Waals surface area contributed by atoms with Gasteiger partial charge < -0.3 is 0 Å². The van der Waals surface area contributed by atoms with Gasteiger partial charge in [-0.25, -0.2) is 0 Å². The minimum Gasteiger partial charge on any atom is -0.122 e. The van der Waals surface area contributed by atoms with Gasteiger partial charge in [0.1, 0.15) is 0 Å². The van der Waals surface area contributed by atoms with Gasteiger partial charge in [0.25, 0.3) is 0 Å². The molecule has 82 valence electrons. The molecule has 0 aromatic rings. The predicted octanol–water partition coefficient (Wildman–Crippen LogP) is 4.97. The monoisotopic (exact) mass is 214 g/mol. The van der Waals surface area contributed by atoms with Crippen LogP contribution in [0.5, 0.6) is 0 Å². The first kappa shape index (κ1) is 16.0. The Morgan fingerprint density at radius 3 is 2.07 bits per heavy atom. The highest BCUT2D eigenvalue weighted by Gasteiger charge is 1.94. The van der Waals surface area contributed by atoms with E-state index in [9.17, 15) is 0 Å². The van der Waals surface area contributed by atoms with Crippen molar-refractivity contribution in [2.45, 2.75) is 34.6 Å². The molecule has 0 unspecified atom stereocenters. The fourth-order valence-electron chi connectivity index (χ4n) is 0.624. The molecule has 14 heavy (non-hydrogen) atoms. The predicted molar refractivity (Wildman–Crippen MR) is 68.9 cm³/mol. The molecule has 1 heteroatoms. The summed E-state index contributed by atoms with van der Waals surface area (Å²) in [5, 5.41) is 0. The zero-order valence-corrected chi connectivity index (χ0v) is 10.9. The zero-order valence-electron chi connectivity index (χ0n) is 10.1. The largest absolute Gasteiger partial charge is 0.122 e. The highest BCUT2D eigenvalue weighted by Crippen LogP contribution is 2.10. The molecule has 0 atom stereocenters. The van der Waals surface area contributed by atoms with Gasteiger partial charge in [0.2, 0.25) is 0 Å². The van der Waals surface area contributed by atoms with Gasteiger partial charge >= 0.3 is 0 Å². The molecule has 0 aliphatic rings. The van der Waals surface area contributed by atoms with Crippen LogP contribution < -0.4 is 0 Å². The highest BCUT2D eigenvalue weighted by molar-refractivity contribution is 6.19. The molecule has 0 saturated carbocycles. The third-order valence-corrected chi connectivity index (χ3v) is 2.09. The van der Waals surface area contributed by atoms with E-state index in [-0.39, 0.29) is 0 Å². The maximum atomic E-state index is 5.68. The molecule has 0 saturated heterocycles. The second-order valence-electron chi connectivity index (χ2n) is 3.06. The van der Waals surface area contributed by atoms with Gasteiger partial charge in [0, 0.05) is 5.88 Å². The summed E-state index contributed by atoms with van der Waals surface area (Å²) in [5.41, 5.74) is 2.28. The zero-order chi connectivity index (χ0) is 11.6. The second-order valence-corrected chi connectivity index (χ2v) is 3.33. The lowest BCUT2D eigenvalue weighted by Gasteiger charge is -2.02. The summed E-state index contributed by atoms with van der Waals surface area (Å²) in [6, 6.07) is 0. The molecular weight excluding hydrogens is 192 g/mol. The Morgan fingerprint density at radius 2 is 1.79 bits per heavy atom. The Kier molecular flexibility index (Phi) is 12.1. The van der Waals surface area contributed by atoms with Crippen molar-refractivity contribution in [1.29, 1.82) is 0 Å². The van der Waals surface area contributed by atoms with Crippen LogP contribution in [0.1, 0.15) is 34.6 Å². The van der Waals surface area contributed by atoms with Crippen LogP contribution in [0, 0.1) is 5.92 Å².